The Hall–Kier alpha value is -2.82. The fourth-order valence-corrected chi connectivity index (χ4v) is 2.07. The van der Waals surface area contributed by atoms with E-state index in [1.54, 1.807) is 18.2 Å². The third-order valence-electron chi connectivity index (χ3n) is 3.28. The van der Waals surface area contributed by atoms with Gasteiger partial charge in [-0.05, 0) is 47.9 Å². The molecule has 0 aliphatic carbocycles. The minimum atomic E-state index is -0.940. The Morgan fingerprint density at radius 3 is 2.48 bits per heavy atom. The summed E-state index contributed by atoms with van der Waals surface area (Å²) in [6.45, 7) is 4.19. The zero-order valence-electron chi connectivity index (χ0n) is 12.7. The molecule has 0 saturated carbocycles. The van der Waals surface area contributed by atoms with Gasteiger partial charge in [0.05, 0.1) is 18.8 Å². The van der Waals surface area contributed by atoms with E-state index in [1.165, 1.54) is 0 Å². The summed E-state index contributed by atoms with van der Waals surface area (Å²) >= 11 is 0. The summed E-state index contributed by atoms with van der Waals surface area (Å²) in [5.74, 6) is -0.630. The maximum absolute atomic E-state index is 10.9. The van der Waals surface area contributed by atoms with Crippen LogP contribution in [0.25, 0.3) is 10.8 Å². The number of fused-ring (bicyclic) bond motifs is 1. The second-order valence-corrected chi connectivity index (χ2v) is 4.96. The van der Waals surface area contributed by atoms with E-state index in [0.29, 0.717) is 13.2 Å². The summed E-state index contributed by atoms with van der Waals surface area (Å²) in [6, 6.07) is 10.5. The fourth-order valence-electron chi connectivity index (χ4n) is 2.07. The van der Waals surface area contributed by atoms with Crippen molar-refractivity contribution in [3.05, 3.63) is 54.6 Å². The van der Waals surface area contributed by atoms with Crippen LogP contribution in [-0.4, -0.2) is 30.3 Å². The molecule has 0 heterocycles. The number of carbonyl (C=O) groups is 2. The van der Waals surface area contributed by atoms with Crippen molar-refractivity contribution in [2.75, 3.05) is 13.2 Å². The minimum Gasteiger partial charge on any atom is -0.494 e. The number of unbranched alkanes of at least 4 members (excludes halogenated alkanes) is 1. The van der Waals surface area contributed by atoms with E-state index in [9.17, 15) is 9.59 Å². The van der Waals surface area contributed by atoms with E-state index in [2.05, 4.69) is 6.58 Å². The first kappa shape index (κ1) is 16.5. The summed E-state index contributed by atoms with van der Waals surface area (Å²) in [5, 5.41) is 10.8. The van der Waals surface area contributed by atoms with Crippen LogP contribution in [0.2, 0.25) is 0 Å². The number of rotatable bonds is 8. The van der Waals surface area contributed by atoms with Crippen LogP contribution in [0, 0.1) is 0 Å². The first-order valence-corrected chi connectivity index (χ1v) is 7.29. The van der Waals surface area contributed by atoms with Crippen molar-refractivity contribution in [3.63, 3.8) is 0 Å². The molecular formula is C18H18O5. The molecule has 2 aromatic rings. The van der Waals surface area contributed by atoms with Crippen LogP contribution in [0.4, 0.5) is 0 Å². The van der Waals surface area contributed by atoms with Gasteiger partial charge in [0, 0.05) is 6.08 Å². The van der Waals surface area contributed by atoms with E-state index in [0.717, 1.165) is 35.4 Å². The molecule has 1 N–H and O–H groups in total. The molecule has 0 bridgehead atoms. The lowest BCUT2D eigenvalue weighted by Gasteiger charge is -2.08. The Labute approximate surface area is 134 Å². The number of aromatic carboxylic acids is 1. The van der Waals surface area contributed by atoms with Gasteiger partial charge < -0.3 is 14.6 Å². The monoisotopic (exact) mass is 314 g/mol. The highest BCUT2D eigenvalue weighted by molar-refractivity contribution is 5.94. The van der Waals surface area contributed by atoms with Crippen LogP contribution in [0.15, 0.2) is 49.1 Å². The molecule has 0 amide bonds. The number of carboxylic acid groups (broad SMARTS) is 1. The second kappa shape index (κ2) is 7.98. The van der Waals surface area contributed by atoms with Crippen LogP contribution in [-0.2, 0) is 9.53 Å². The van der Waals surface area contributed by atoms with Gasteiger partial charge in [-0.25, -0.2) is 9.59 Å². The fraction of sp³-hybridized carbons (Fsp3) is 0.222. The molecule has 0 aromatic heterocycles. The summed E-state index contributed by atoms with van der Waals surface area (Å²) < 4.78 is 10.5. The van der Waals surface area contributed by atoms with Crippen LogP contribution < -0.4 is 4.74 Å². The number of hydrogen-bond donors (Lipinski definition) is 1. The van der Waals surface area contributed by atoms with Gasteiger partial charge in [0.1, 0.15) is 5.75 Å². The largest absolute Gasteiger partial charge is 0.494 e. The highest BCUT2D eigenvalue weighted by Crippen LogP contribution is 2.22. The minimum absolute atomic E-state index is 0.264. The molecule has 0 spiro atoms. The average Bonchev–Trinajstić information content (AvgIpc) is 2.56. The van der Waals surface area contributed by atoms with Gasteiger partial charge in [-0.2, -0.15) is 0 Å². The normalized spacial score (nSPS) is 10.3. The SMILES string of the molecule is C=CC(=O)OCCCCOc1ccc2cc(C(=O)O)ccc2c1. The summed E-state index contributed by atoms with van der Waals surface area (Å²) in [7, 11) is 0. The van der Waals surface area contributed by atoms with E-state index in [1.807, 2.05) is 18.2 Å². The summed E-state index contributed by atoms with van der Waals surface area (Å²) in [4.78, 5) is 21.8. The van der Waals surface area contributed by atoms with Crippen molar-refractivity contribution in [2.24, 2.45) is 0 Å². The zero-order valence-corrected chi connectivity index (χ0v) is 12.7. The molecule has 23 heavy (non-hydrogen) atoms. The Kier molecular flexibility index (Phi) is 5.74. The van der Waals surface area contributed by atoms with Crippen molar-refractivity contribution >= 4 is 22.7 Å². The van der Waals surface area contributed by atoms with Crippen molar-refractivity contribution < 1.29 is 24.2 Å². The van der Waals surface area contributed by atoms with Crippen LogP contribution >= 0.6 is 0 Å². The van der Waals surface area contributed by atoms with Crippen LogP contribution in [0.1, 0.15) is 23.2 Å². The third kappa shape index (κ3) is 4.85. The quantitative estimate of drug-likeness (QED) is 0.459. The number of hydrogen-bond acceptors (Lipinski definition) is 4. The predicted octanol–water partition coefficient (Wildman–Crippen LogP) is 3.43. The predicted molar refractivity (Wildman–Crippen MR) is 86.8 cm³/mol. The molecule has 0 fully saturated rings. The van der Waals surface area contributed by atoms with Crippen molar-refractivity contribution in [2.45, 2.75) is 12.8 Å². The van der Waals surface area contributed by atoms with Gasteiger partial charge in [-0.15, -0.1) is 0 Å². The molecular weight excluding hydrogens is 296 g/mol. The first-order valence-electron chi connectivity index (χ1n) is 7.29. The Bertz CT molecular complexity index is 720. The molecule has 0 radical (unpaired) electrons. The second-order valence-electron chi connectivity index (χ2n) is 4.96. The molecule has 2 rings (SSSR count). The zero-order chi connectivity index (χ0) is 16.7. The Balaban J connectivity index is 1.84. The van der Waals surface area contributed by atoms with Gasteiger partial charge in [0.15, 0.2) is 0 Å². The number of benzene rings is 2. The topological polar surface area (TPSA) is 72.8 Å². The third-order valence-corrected chi connectivity index (χ3v) is 3.28. The Morgan fingerprint density at radius 1 is 1.04 bits per heavy atom. The van der Waals surface area contributed by atoms with E-state index in [4.69, 9.17) is 14.6 Å². The lowest BCUT2D eigenvalue weighted by molar-refractivity contribution is -0.137. The molecule has 0 aliphatic heterocycles. The molecule has 0 atom stereocenters. The van der Waals surface area contributed by atoms with Crippen molar-refractivity contribution in [1.29, 1.82) is 0 Å². The molecule has 120 valence electrons. The Morgan fingerprint density at radius 2 is 1.74 bits per heavy atom. The average molecular weight is 314 g/mol. The maximum atomic E-state index is 10.9. The highest BCUT2D eigenvalue weighted by atomic mass is 16.5. The van der Waals surface area contributed by atoms with Gasteiger partial charge in [-0.3, -0.25) is 0 Å². The van der Waals surface area contributed by atoms with Crippen molar-refractivity contribution in [3.8, 4) is 5.75 Å². The molecule has 5 nitrogen and oxygen atoms in total. The lowest BCUT2D eigenvalue weighted by Crippen LogP contribution is -2.04. The number of ether oxygens (including phenoxy) is 2. The molecule has 0 aliphatic rings. The van der Waals surface area contributed by atoms with E-state index in [-0.39, 0.29) is 5.56 Å². The van der Waals surface area contributed by atoms with Gasteiger partial charge >= 0.3 is 11.9 Å². The van der Waals surface area contributed by atoms with Gasteiger partial charge in [0.25, 0.3) is 0 Å². The highest BCUT2D eigenvalue weighted by Gasteiger charge is 2.04. The standard InChI is InChI=1S/C18H18O5/c1-2-17(19)23-10-4-3-9-22-16-8-7-13-11-15(18(20)21)6-5-14(13)12-16/h2,5-8,11-12H,1,3-4,9-10H2,(H,20,21). The van der Waals surface area contributed by atoms with E-state index < -0.39 is 11.9 Å². The first-order chi connectivity index (χ1) is 11.1. The van der Waals surface area contributed by atoms with Gasteiger partial charge in [-0.1, -0.05) is 18.7 Å². The number of esters is 1. The lowest BCUT2D eigenvalue weighted by atomic mass is 10.1. The summed E-state index contributed by atoms with van der Waals surface area (Å²) in [5.41, 5.74) is 0.264. The van der Waals surface area contributed by atoms with Crippen LogP contribution in [0.3, 0.4) is 0 Å². The maximum Gasteiger partial charge on any atom is 0.335 e. The summed E-state index contributed by atoms with van der Waals surface area (Å²) in [6.07, 6.45) is 2.62. The molecule has 5 heteroatoms. The smallest absolute Gasteiger partial charge is 0.335 e. The van der Waals surface area contributed by atoms with Crippen molar-refractivity contribution in [1.82, 2.24) is 0 Å². The number of carboxylic acids is 1. The molecule has 2 aromatic carbocycles. The molecule has 0 unspecified atom stereocenters. The molecule has 0 saturated heterocycles. The van der Waals surface area contributed by atoms with Gasteiger partial charge in [0.2, 0.25) is 0 Å². The number of carbonyl (C=O) groups excluding carboxylic acids is 1. The van der Waals surface area contributed by atoms with E-state index >= 15 is 0 Å². The van der Waals surface area contributed by atoms with Crippen LogP contribution in [0.5, 0.6) is 5.75 Å².